The maximum absolute atomic E-state index is 12.5. The van der Waals surface area contributed by atoms with Crippen molar-refractivity contribution in [1.29, 1.82) is 5.41 Å². The molecule has 0 amide bonds. The number of aromatic hydroxyl groups is 1. The van der Waals surface area contributed by atoms with Gasteiger partial charge in [-0.25, -0.2) is 4.98 Å². The summed E-state index contributed by atoms with van der Waals surface area (Å²) in [5.74, 6) is 0.891. The second-order valence-electron chi connectivity index (χ2n) is 18.5. The number of phenolic OH excluding ortho intramolecular Hbond substituents is 1. The van der Waals surface area contributed by atoms with Crippen LogP contribution in [0.1, 0.15) is 65.2 Å². The predicted molar refractivity (Wildman–Crippen MR) is 267 cm³/mol. The van der Waals surface area contributed by atoms with Gasteiger partial charge < -0.3 is 10.5 Å². The SMILES string of the molecule is C/C=c1/cccc/c1=C/C(=N)c1cc(-c2cccc3c2nc(-c2cc(C(C)(C)C)cc(C(C)(C)C)c2O)n3-c2ccc(-c3ccccc3)cc2-c2ccccc2)c2ccccc2c1. The number of phenols is 1. The summed E-state index contributed by atoms with van der Waals surface area (Å²) in [5, 5.41) is 26.2. The van der Waals surface area contributed by atoms with Crippen LogP contribution in [-0.4, -0.2) is 20.4 Å². The molecule has 2 N–H and O–H groups in total. The van der Waals surface area contributed by atoms with Crippen LogP contribution in [0.4, 0.5) is 0 Å². The molecule has 310 valence electrons. The summed E-state index contributed by atoms with van der Waals surface area (Å²) in [7, 11) is 0. The minimum Gasteiger partial charge on any atom is -0.507 e. The van der Waals surface area contributed by atoms with Crippen molar-refractivity contribution < 1.29 is 5.11 Å². The number of hydrogen-bond acceptors (Lipinski definition) is 3. The van der Waals surface area contributed by atoms with Crippen LogP contribution in [0, 0.1) is 5.41 Å². The molecular weight excluding hydrogens is 767 g/mol. The molecule has 1 heterocycles. The molecule has 0 aliphatic rings. The standard InChI is InChI=1S/C59H53N3O/c1-8-38-20-15-16-25-41(38)35-52(60)44-32-43-26-17-18-27-46(43)49(34-44)47-28-19-29-54-55(47)61-57(50-36-45(58(2,3)4)37-51(56(50)63)59(5,6)7)62(54)53-31-30-42(39-21-11-9-12-22-39)33-48(53)40-23-13-10-14-24-40/h8-37,60,63H,1-7H3/b38-8-,41-35-,60-52?. The van der Waals surface area contributed by atoms with Gasteiger partial charge in [-0.1, -0.05) is 181 Å². The highest BCUT2D eigenvalue weighted by Gasteiger charge is 2.29. The van der Waals surface area contributed by atoms with Gasteiger partial charge in [0.15, 0.2) is 0 Å². The molecule has 1 aromatic heterocycles. The van der Waals surface area contributed by atoms with Gasteiger partial charge in [-0.2, -0.15) is 0 Å². The normalized spacial score (nSPS) is 12.7. The molecule has 9 aromatic rings. The fraction of sp³-hybridized carbons (Fsp3) is 0.153. The van der Waals surface area contributed by atoms with Crippen molar-refractivity contribution >= 4 is 39.7 Å². The van der Waals surface area contributed by atoms with E-state index in [9.17, 15) is 10.5 Å². The Labute approximate surface area is 370 Å². The number of imidazole rings is 1. The molecule has 0 unspecified atom stereocenters. The molecule has 0 saturated carbocycles. The van der Waals surface area contributed by atoms with E-state index in [4.69, 9.17) is 4.98 Å². The van der Waals surface area contributed by atoms with Crippen molar-refractivity contribution in [2.75, 3.05) is 0 Å². The molecule has 63 heavy (non-hydrogen) atoms. The number of benzene rings is 8. The molecule has 9 rings (SSSR count). The first-order chi connectivity index (χ1) is 30.3. The largest absolute Gasteiger partial charge is 0.507 e. The third-order valence-corrected chi connectivity index (χ3v) is 12.2. The lowest BCUT2D eigenvalue weighted by atomic mass is 9.79. The Morgan fingerprint density at radius 3 is 1.94 bits per heavy atom. The molecule has 8 aromatic carbocycles. The zero-order chi connectivity index (χ0) is 44.0. The maximum atomic E-state index is 12.5. The van der Waals surface area contributed by atoms with Crippen LogP contribution in [0.15, 0.2) is 170 Å². The summed E-state index contributed by atoms with van der Waals surface area (Å²) >= 11 is 0. The van der Waals surface area contributed by atoms with Gasteiger partial charge in [0.05, 0.1) is 28.0 Å². The first kappa shape index (κ1) is 41.1. The summed E-state index contributed by atoms with van der Waals surface area (Å²) < 4.78 is 2.25. The maximum Gasteiger partial charge on any atom is 0.149 e. The Morgan fingerprint density at radius 1 is 0.571 bits per heavy atom. The zero-order valence-electron chi connectivity index (χ0n) is 37.2. The molecular formula is C59H53N3O. The van der Waals surface area contributed by atoms with Crippen molar-refractivity contribution in [1.82, 2.24) is 9.55 Å². The van der Waals surface area contributed by atoms with Crippen molar-refractivity contribution in [3.63, 3.8) is 0 Å². The Balaban J connectivity index is 1.38. The van der Waals surface area contributed by atoms with E-state index in [2.05, 4.69) is 204 Å². The Morgan fingerprint density at radius 2 is 1.24 bits per heavy atom. The molecule has 0 radical (unpaired) electrons. The van der Waals surface area contributed by atoms with Crippen molar-refractivity contribution in [3.05, 3.63) is 197 Å². The van der Waals surface area contributed by atoms with Crippen LogP contribution in [-0.2, 0) is 10.8 Å². The van der Waals surface area contributed by atoms with Crippen molar-refractivity contribution in [2.45, 2.75) is 59.3 Å². The monoisotopic (exact) mass is 819 g/mol. The van der Waals surface area contributed by atoms with E-state index in [0.717, 1.165) is 88.0 Å². The van der Waals surface area contributed by atoms with E-state index in [1.165, 1.54) is 0 Å². The topological polar surface area (TPSA) is 61.9 Å². The third kappa shape index (κ3) is 7.78. The van der Waals surface area contributed by atoms with Gasteiger partial charge in [-0.3, -0.25) is 4.57 Å². The quantitative estimate of drug-likeness (QED) is 0.157. The molecule has 0 saturated heterocycles. The molecule has 4 nitrogen and oxygen atoms in total. The van der Waals surface area contributed by atoms with E-state index >= 15 is 0 Å². The average molecular weight is 820 g/mol. The second-order valence-corrected chi connectivity index (χ2v) is 18.5. The highest BCUT2D eigenvalue weighted by molar-refractivity contribution is 6.21. The Kier molecular flexibility index (Phi) is 10.6. The molecule has 0 spiro atoms. The third-order valence-electron chi connectivity index (χ3n) is 12.2. The van der Waals surface area contributed by atoms with Crippen LogP contribution < -0.4 is 10.4 Å². The summed E-state index contributed by atoms with van der Waals surface area (Å²) in [4.78, 5) is 5.67. The van der Waals surface area contributed by atoms with Gasteiger partial charge in [0.25, 0.3) is 0 Å². The molecule has 0 bridgehead atoms. The number of nitrogens with one attached hydrogen (secondary N) is 1. The van der Waals surface area contributed by atoms with Crippen LogP contribution in [0.3, 0.4) is 0 Å². The minimum absolute atomic E-state index is 0.201. The van der Waals surface area contributed by atoms with Gasteiger partial charge in [0, 0.05) is 22.3 Å². The lowest BCUT2D eigenvalue weighted by Gasteiger charge is -2.27. The fourth-order valence-electron chi connectivity index (χ4n) is 8.77. The highest BCUT2D eigenvalue weighted by Crippen LogP contribution is 2.46. The fourth-order valence-corrected chi connectivity index (χ4v) is 8.77. The lowest BCUT2D eigenvalue weighted by Crippen LogP contribution is -2.24. The Hall–Kier alpha value is -7.30. The van der Waals surface area contributed by atoms with Gasteiger partial charge >= 0.3 is 0 Å². The number of hydrogen-bond donors (Lipinski definition) is 2. The van der Waals surface area contributed by atoms with E-state index in [0.29, 0.717) is 17.1 Å². The molecule has 0 atom stereocenters. The summed E-state index contributed by atoms with van der Waals surface area (Å²) in [6.07, 6.45) is 4.04. The van der Waals surface area contributed by atoms with Crippen LogP contribution >= 0.6 is 0 Å². The number of nitrogens with zero attached hydrogens (tertiary/aromatic N) is 2. The summed E-state index contributed by atoms with van der Waals surface area (Å²) in [6, 6.07) is 59.3. The molecule has 0 aliphatic carbocycles. The van der Waals surface area contributed by atoms with E-state index < -0.39 is 0 Å². The zero-order valence-corrected chi connectivity index (χ0v) is 37.2. The smallest absolute Gasteiger partial charge is 0.149 e. The minimum atomic E-state index is -0.342. The highest BCUT2D eigenvalue weighted by atomic mass is 16.3. The number of para-hydroxylation sites is 1. The van der Waals surface area contributed by atoms with Gasteiger partial charge in [0.1, 0.15) is 11.6 Å². The number of rotatable bonds is 7. The number of fused-ring (bicyclic) bond motifs is 2. The van der Waals surface area contributed by atoms with Crippen LogP contribution in [0.5, 0.6) is 5.75 Å². The average Bonchev–Trinajstić information content (AvgIpc) is 3.68. The first-order valence-electron chi connectivity index (χ1n) is 21.8. The van der Waals surface area contributed by atoms with Crippen molar-refractivity contribution in [3.8, 4) is 56.2 Å². The van der Waals surface area contributed by atoms with Crippen LogP contribution in [0.2, 0.25) is 0 Å². The summed E-state index contributed by atoms with van der Waals surface area (Å²) in [6.45, 7) is 15.2. The van der Waals surface area contributed by atoms with Crippen LogP contribution in [0.25, 0.3) is 84.4 Å². The summed E-state index contributed by atoms with van der Waals surface area (Å²) in [5.41, 5.74) is 12.4. The first-order valence-corrected chi connectivity index (χ1v) is 21.8. The van der Waals surface area contributed by atoms with Gasteiger partial charge in [0.2, 0.25) is 0 Å². The molecule has 4 heteroatoms. The van der Waals surface area contributed by atoms with Gasteiger partial charge in [-0.05, 0) is 109 Å². The molecule has 0 aliphatic heterocycles. The number of aromatic nitrogens is 2. The van der Waals surface area contributed by atoms with E-state index in [1.807, 2.05) is 31.2 Å². The predicted octanol–water partition coefficient (Wildman–Crippen LogP) is 13.8. The van der Waals surface area contributed by atoms with E-state index in [1.54, 1.807) is 0 Å². The Bertz CT molecular complexity index is 3330. The van der Waals surface area contributed by atoms with Gasteiger partial charge in [-0.15, -0.1) is 0 Å². The second kappa shape index (κ2) is 16.2. The lowest BCUT2D eigenvalue weighted by molar-refractivity contribution is 0.446. The molecule has 0 fully saturated rings. The van der Waals surface area contributed by atoms with E-state index in [-0.39, 0.29) is 16.6 Å². The van der Waals surface area contributed by atoms with Crippen molar-refractivity contribution in [2.24, 2.45) is 0 Å².